The van der Waals surface area contributed by atoms with Crippen LogP contribution in [0.25, 0.3) is 22.2 Å². The standard InChI is InChI=1S/C34H40FN11O2/c1-20-15-37-34(41-28-14-21(2)45(3)44-28)42-30(20)25-16-36-31-24(25)10-7-11-27(31)40-29(47)19-46-13-12-23(18-46)48-32-26(35)17-38-33(43-32)39-22-8-5-4-6-9-22/h7,10-11,14-17,22-23,36H,4-6,8-9,12-13,18-19H2,1-3H3,(H,40,47)(H,38,39,43)(H,37,41,42,44). The lowest BCUT2D eigenvalue weighted by atomic mass is 9.96. The molecule has 1 aliphatic heterocycles. The number of hydrogen-bond donors (Lipinski definition) is 4. The molecule has 1 atom stereocenters. The minimum Gasteiger partial charge on any atom is -0.471 e. The Morgan fingerprint density at radius 1 is 1.08 bits per heavy atom. The van der Waals surface area contributed by atoms with E-state index in [2.05, 4.69) is 41.0 Å². The monoisotopic (exact) mass is 653 g/mol. The zero-order chi connectivity index (χ0) is 33.2. The number of aromatic amines is 1. The van der Waals surface area contributed by atoms with Crippen LogP contribution in [0.4, 0.5) is 27.8 Å². The van der Waals surface area contributed by atoms with E-state index in [1.165, 1.54) is 19.3 Å². The first-order valence-electron chi connectivity index (χ1n) is 16.5. The van der Waals surface area contributed by atoms with Crippen molar-refractivity contribution in [3.63, 3.8) is 0 Å². The molecular weight excluding hydrogens is 613 g/mol. The van der Waals surface area contributed by atoms with Crippen molar-refractivity contribution < 1.29 is 13.9 Å². The normalized spacial score (nSPS) is 17.1. The van der Waals surface area contributed by atoms with Crippen LogP contribution < -0.4 is 20.7 Å². The second-order valence-corrected chi connectivity index (χ2v) is 12.7. The van der Waals surface area contributed by atoms with Crippen LogP contribution in [-0.4, -0.2) is 77.3 Å². The van der Waals surface area contributed by atoms with Gasteiger partial charge in [-0.15, -0.1) is 0 Å². The van der Waals surface area contributed by atoms with Crippen molar-refractivity contribution in [2.75, 3.05) is 35.6 Å². The number of ether oxygens (including phenoxy) is 1. The van der Waals surface area contributed by atoms with Gasteiger partial charge in [0.25, 0.3) is 5.88 Å². The SMILES string of the molecule is Cc1cnc(Nc2cc(C)n(C)n2)nc1-c1c[nH]c2c(NC(=O)CN3CCC(Oc4nc(NC5CCCCC5)ncc4F)C3)cccc12. The number of carbonyl (C=O) groups excluding carboxylic acids is 1. The van der Waals surface area contributed by atoms with Crippen molar-refractivity contribution in [2.45, 2.75) is 64.5 Å². The molecule has 1 amide bonds. The number of amides is 1. The zero-order valence-electron chi connectivity index (χ0n) is 27.4. The summed E-state index contributed by atoms with van der Waals surface area (Å²) in [6, 6.07) is 8.02. The molecule has 2 fully saturated rings. The first kappa shape index (κ1) is 31.5. The topological polar surface area (TPSA) is 151 Å². The summed E-state index contributed by atoms with van der Waals surface area (Å²) in [7, 11) is 1.88. The maximum Gasteiger partial charge on any atom is 0.255 e. The van der Waals surface area contributed by atoms with Gasteiger partial charge >= 0.3 is 0 Å². The predicted octanol–water partition coefficient (Wildman–Crippen LogP) is 5.48. The van der Waals surface area contributed by atoms with Crippen molar-refractivity contribution in [1.82, 2.24) is 39.6 Å². The van der Waals surface area contributed by atoms with Crippen molar-refractivity contribution >= 4 is 40.2 Å². The molecule has 1 aliphatic carbocycles. The minimum atomic E-state index is -0.591. The predicted molar refractivity (Wildman–Crippen MR) is 182 cm³/mol. The van der Waals surface area contributed by atoms with E-state index in [1.807, 2.05) is 56.3 Å². The minimum absolute atomic E-state index is 0.0532. The van der Waals surface area contributed by atoms with Crippen LogP contribution in [0.1, 0.15) is 49.8 Å². The number of benzene rings is 1. The average Bonchev–Trinajstić information content (AvgIpc) is 3.79. The summed E-state index contributed by atoms with van der Waals surface area (Å²) in [5.74, 6) is 0.707. The number of halogens is 1. The molecule has 1 unspecified atom stereocenters. The molecule has 48 heavy (non-hydrogen) atoms. The summed E-state index contributed by atoms with van der Waals surface area (Å²) in [6.07, 6.45) is 10.9. The number of nitrogens with zero attached hydrogens (tertiary/aromatic N) is 7. The van der Waals surface area contributed by atoms with Gasteiger partial charge in [0.1, 0.15) is 6.10 Å². The Morgan fingerprint density at radius 3 is 2.73 bits per heavy atom. The molecule has 5 heterocycles. The lowest BCUT2D eigenvalue weighted by Gasteiger charge is -2.23. The molecule has 13 nitrogen and oxygen atoms in total. The van der Waals surface area contributed by atoms with E-state index in [0.717, 1.165) is 52.5 Å². The Hall–Kier alpha value is -5.11. The van der Waals surface area contributed by atoms with Gasteiger partial charge in [-0.3, -0.25) is 14.4 Å². The van der Waals surface area contributed by atoms with Crippen molar-refractivity contribution in [2.24, 2.45) is 7.05 Å². The molecule has 5 aromatic rings. The Balaban J connectivity index is 0.983. The number of aromatic nitrogens is 7. The zero-order valence-corrected chi connectivity index (χ0v) is 27.4. The average molecular weight is 654 g/mol. The van der Waals surface area contributed by atoms with Gasteiger partial charge in [-0.2, -0.15) is 14.5 Å². The molecule has 1 saturated heterocycles. The van der Waals surface area contributed by atoms with Crippen LogP contribution in [0.3, 0.4) is 0 Å². The van der Waals surface area contributed by atoms with E-state index < -0.39 is 5.82 Å². The lowest BCUT2D eigenvalue weighted by molar-refractivity contribution is -0.117. The number of aryl methyl sites for hydroxylation is 3. The van der Waals surface area contributed by atoms with Gasteiger partial charge in [-0.05, 0) is 44.7 Å². The highest BCUT2D eigenvalue weighted by Crippen LogP contribution is 2.34. The van der Waals surface area contributed by atoms with Crippen molar-refractivity contribution in [3.05, 3.63) is 59.9 Å². The molecule has 14 heteroatoms. The Morgan fingerprint density at radius 2 is 1.92 bits per heavy atom. The number of hydrogen-bond acceptors (Lipinski definition) is 10. The van der Waals surface area contributed by atoms with Gasteiger partial charge in [0, 0.05) is 61.3 Å². The van der Waals surface area contributed by atoms with E-state index in [9.17, 15) is 9.18 Å². The summed E-state index contributed by atoms with van der Waals surface area (Å²) in [6.45, 7) is 5.26. The Labute approximate surface area is 277 Å². The van der Waals surface area contributed by atoms with Crippen LogP contribution in [0.5, 0.6) is 5.88 Å². The molecule has 0 bridgehead atoms. The van der Waals surface area contributed by atoms with Crippen LogP contribution in [0, 0.1) is 19.7 Å². The van der Waals surface area contributed by atoms with Crippen molar-refractivity contribution in [3.8, 4) is 17.1 Å². The molecule has 4 aromatic heterocycles. The van der Waals surface area contributed by atoms with Gasteiger partial charge in [0.2, 0.25) is 23.6 Å². The number of anilines is 4. The fraction of sp³-hybridized carbons (Fsp3) is 0.412. The summed E-state index contributed by atoms with van der Waals surface area (Å²) in [5, 5.41) is 14.9. The number of rotatable bonds is 10. The van der Waals surface area contributed by atoms with Crippen molar-refractivity contribution in [1.29, 1.82) is 0 Å². The highest BCUT2D eigenvalue weighted by Gasteiger charge is 2.28. The fourth-order valence-corrected chi connectivity index (χ4v) is 6.49. The first-order valence-corrected chi connectivity index (χ1v) is 16.5. The molecule has 1 aromatic carbocycles. The van der Waals surface area contributed by atoms with Crippen LogP contribution >= 0.6 is 0 Å². The number of likely N-dealkylation sites (tertiary alicyclic amines) is 1. The molecule has 4 N–H and O–H groups in total. The van der Waals surface area contributed by atoms with E-state index >= 15 is 0 Å². The molecular formula is C34H40FN11O2. The summed E-state index contributed by atoms with van der Waals surface area (Å²) < 4.78 is 22.3. The lowest BCUT2D eigenvalue weighted by Crippen LogP contribution is -2.33. The molecule has 0 radical (unpaired) electrons. The van der Waals surface area contributed by atoms with E-state index in [-0.39, 0.29) is 24.4 Å². The molecule has 0 spiro atoms. The van der Waals surface area contributed by atoms with E-state index in [4.69, 9.17) is 9.72 Å². The first-order chi connectivity index (χ1) is 23.3. The molecule has 250 valence electrons. The van der Waals surface area contributed by atoms with E-state index in [0.29, 0.717) is 49.0 Å². The third kappa shape index (κ3) is 6.93. The number of nitrogens with one attached hydrogen (secondary N) is 4. The van der Waals surface area contributed by atoms with Gasteiger partial charge in [-0.1, -0.05) is 31.4 Å². The largest absolute Gasteiger partial charge is 0.471 e. The summed E-state index contributed by atoms with van der Waals surface area (Å²) in [4.78, 5) is 36.2. The van der Waals surface area contributed by atoms with Gasteiger partial charge in [0.15, 0.2) is 5.82 Å². The third-order valence-electron chi connectivity index (χ3n) is 9.10. The highest BCUT2D eigenvalue weighted by atomic mass is 19.1. The second kappa shape index (κ2) is 13.6. The fourth-order valence-electron chi connectivity index (χ4n) is 6.49. The molecule has 2 aliphatic rings. The number of carbonyl (C=O) groups is 1. The highest BCUT2D eigenvalue weighted by molar-refractivity contribution is 6.06. The number of para-hydroxylation sites is 1. The summed E-state index contributed by atoms with van der Waals surface area (Å²) >= 11 is 0. The number of fused-ring (bicyclic) bond motifs is 1. The van der Waals surface area contributed by atoms with Crippen LogP contribution in [0.2, 0.25) is 0 Å². The third-order valence-corrected chi connectivity index (χ3v) is 9.10. The van der Waals surface area contributed by atoms with Crippen LogP contribution in [-0.2, 0) is 11.8 Å². The smallest absolute Gasteiger partial charge is 0.255 e. The van der Waals surface area contributed by atoms with Crippen LogP contribution in [0.15, 0.2) is 42.9 Å². The molecule has 7 rings (SSSR count). The number of H-pyrrole nitrogens is 1. The Kier molecular flexibility index (Phi) is 8.89. The van der Waals surface area contributed by atoms with Gasteiger partial charge in [0.05, 0.1) is 29.6 Å². The second-order valence-electron chi connectivity index (χ2n) is 12.7. The maximum atomic E-state index is 14.6. The van der Waals surface area contributed by atoms with Gasteiger partial charge < -0.3 is 25.7 Å². The quantitative estimate of drug-likeness (QED) is 0.152. The Bertz CT molecular complexity index is 1910. The maximum absolute atomic E-state index is 14.6. The molecule has 1 saturated carbocycles. The van der Waals surface area contributed by atoms with Gasteiger partial charge in [-0.25, -0.2) is 15.0 Å². The van der Waals surface area contributed by atoms with E-state index in [1.54, 1.807) is 10.9 Å². The summed E-state index contributed by atoms with van der Waals surface area (Å²) in [5.41, 5.74) is 5.07.